The number of ether oxygens (including phenoxy) is 1. The third-order valence-electron chi connectivity index (χ3n) is 7.99. The van der Waals surface area contributed by atoms with Crippen molar-refractivity contribution in [3.8, 4) is 0 Å². The first-order chi connectivity index (χ1) is 12.6. The smallest absolute Gasteiger partial charge is 0.192 e. The average molecular weight is 399 g/mol. The molecule has 2 aliphatic rings. The molecule has 160 valence electrons. The van der Waals surface area contributed by atoms with Gasteiger partial charge < -0.3 is 14.3 Å². The second kappa shape index (κ2) is 9.28. The van der Waals surface area contributed by atoms with E-state index in [0.29, 0.717) is 24.0 Å². The summed E-state index contributed by atoms with van der Waals surface area (Å²) in [6.45, 7) is 16.8. The number of aliphatic hydroxyl groups is 1. The Morgan fingerprint density at radius 1 is 1.11 bits per heavy atom. The minimum absolute atomic E-state index is 0.399. The lowest BCUT2D eigenvalue weighted by Gasteiger charge is -2.48. The highest BCUT2D eigenvalue weighted by Gasteiger charge is 2.53. The van der Waals surface area contributed by atoms with Crippen molar-refractivity contribution in [2.45, 2.75) is 110 Å². The van der Waals surface area contributed by atoms with E-state index in [9.17, 15) is 5.11 Å². The van der Waals surface area contributed by atoms with Gasteiger partial charge in [-0.15, -0.1) is 0 Å². The van der Waals surface area contributed by atoms with Crippen LogP contribution in [0.5, 0.6) is 0 Å². The highest BCUT2D eigenvalue weighted by Crippen LogP contribution is 2.58. The minimum atomic E-state index is -1.54. The molecule has 0 amide bonds. The first kappa shape index (κ1) is 23.4. The molecule has 0 heterocycles. The zero-order chi connectivity index (χ0) is 20.3. The van der Waals surface area contributed by atoms with Crippen LogP contribution in [-0.2, 0) is 9.16 Å². The molecular weight excluding hydrogens is 352 g/mol. The molecule has 4 unspecified atom stereocenters. The van der Waals surface area contributed by atoms with Gasteiger partial charge in [-0.1, -0.05) is 41.0 Å². The monoisotopic (exact) mass is 398 g/mol. The molecule has 1 N–H and O–H groups in total. The topological polar surface area (TPSA) is 38.7 Å². The molecule has 0 aromatic rings. The Morgan fingerprint density at radius 2 is 1.74 bits per heavy atom. The van der Waals surface area contributed by atoms with Crippen LogP contribution in [0.15, 0.2) is 0 Å². The maximum Gasteiger partial charge on any atom is 0.192 e. The van der Waals surface area contributed by atoms with Gasteiger partial charge in [-0.3, -0.25) is 0 Å². The summed E-state index contributed by atoms with van der Waals surface area (Å²) in [5.74, 6) is 1.99. The second-order valence-electron chi connectivity index (χ2n) is 10.4. The molecule has 0 aromatic heterocycles. The lowest BCUT2D eigenvalue weighted by Crippen LogP contribution is -2.48. The van der Waals surface area contributed by atoms with Crippen LogP contribution in [0.3, 0.4) is 0 Å². The average Bonchev–Trinajstić information content (AvgIpc) is 2.96. The van der Waals surface area contributed by atoms with Gasteiger partial charge in [-0.05, 0) is 80.8 Å². The van der Waals surface area contributed by atoms with E-state index < -0.39 is 13.9 Å². The molecule has 27 heavy (non-hydrogen) atoms. The van der Waals surface area contributed by atoms with Crippen LogP contribution in [0.25, 0.3) is 0 Å². The van der Waals surface area contributed by atoms with Crippen LogP contribution in [-0.4, -0.2) is 38.3 Å². The summed E-state index contributed by atoms with van der Waals surface area (Å²) in [7, 11) is -1.54. The Kier molecular flexibility index (Phi) is 8.03. The van der Waals surface area contributed by atoms with Gasteiger partial charge in [0.1, 0.15) is 0 Å². The van der Waals surface area contributed by atoms with E-state index in [1.54, 1.807) is 0 Å². The molecule has 0 aromatic carbocycles. The maximum absolute atomic E-state index is 9.91. The molecular formula is C23H46O3Si. The summed E-state index contributed by atoms with van der Waals surface area (Å²) in [6.07, 6.45) is 7.05. The largest absolute Gasteiger partial charge is 0.414 e. The Morgan fingerprint density at radius 3 is 2.30 bits per heavy atom. The van der Waals surface area contributed by atoms with Gasteiger partial charge in [0.25, 0.3) is 0 Å². The third kappa shape index (κ3) is 5.37. The Bertz CT molecular complexity index is 449. The molecule has 2 fully saturated rings. The number of hydrogen-bond acceptors (Lipinski definition) is 3. The zero-order valence-corrected chi connectivity index (χ0v) is 20.1. The Balaban J connectivity index is 2.04. The van der Waals surface area contributed by atoms with Crippen molar-refractivity contribution in [1.82, 2.24) is 0 Å². The molecule has 0 radical (unpaired) electrons. The predicted molar refractivity (Wildman–Crippen MR) is 117 cm³/mol. The van der Waals surface area contributed by atoms with Gasteiger partial charge in [0.2, 0.25) is 0 Å². The van der Waals surface area contributed by atoms with Crippen LogP contribution >= 0.6 is 0 Å². The van der Waals surface area contributed by atoms with Crippen molar-refractivity contribution in [1.29, 1.82) is 0 Å². The minimum Gasteiger partial charge on any atom is -0.414 e. The van der Waals surface area contributed by atoms with Gasteiger partial charge >= 0.3 is 0 Å². The molecule has 2 aliphatic carbocycles. The van der Waals surface area contributed by atoms with Crippen LogP contribution in [0.2, 0.25) is 18.1 Å². The molecule has 0 saturated heterocycles. The standard InChI is InChI=1S/C23H46O3Si/c1-8-27(9-2,10-3)26-21-12-11-15-23(7)19(13-14-20(21)23)18(4)16-25-17-22(5,6)24/h18-21,24H,8-17H2,1-7H3/t18?,19?,20?,21?,23-/m1/s1. The lowest BCUT2D eigenvalue weighted by atomic mass is 9.62. The van der Waals surface area contributed by atoms with Crippen molar-refractivity contribution in [3.63, 3.8) is 0 Å². The van der Waals surface area contributed by atoms with Gasteiger partial charge in [0, 0.05) is 12.7 Å². The van der Waals surface area contributed by atoms with E-state index in [1.807, 2.05) is 13.8 Å². The molecule has 2 saturated carbocycles. The normalized spacial score (nSPS) is 33.1. The Hall–Kier alpha value is 0.0969. The van der Waals surface area contributed by atoms with Crippen molar-refractivity contribution < 1.29 is 14.3 Å². The summed E-state index contributed by atoms with van der Waals surface area (Å²) in [5.41, 5.74) is -0.337. The summed E-state index contributed by atoms with van der Waals surface area (Å²) < 4.78 is 12.9. The highest BCUT2D eigenvalue weighted by molar-refractivity contribution is 6.73. The maximum atomic E-state index is 9.91. The number of rotatable bonds is 10. The van der Waals surface area contributed by atoms with Crippen molar-refractivity contribution >= 4 is 8.32 Å². The predicted octanol–water partition coefficient (Wildman–Crippen LogP) is 6.02. The molecule has 0 aliphatic heterocycles. The quantitative estimate of drug-likeness (QED) is 0.457. The van der Waals surface area contributed by atoms with Gasteiger partial charge in [0.15, 0.2) is 8.32 Å². The van der Waals surface area contributed by atoms with E-state index in [0.717, 1.165) is 18.4 Å². The molecule has 0 spiro atoms. The van der Waals surface area contributed by atoms with E-state index in [4.69, 9.17) is 9.16 Å². The van der Waals surface area contributed by atoms with E-state index in [2.05, 4.69) is 34.6 Å². The first-order valence-electron chi connectivity index (χ1n) is 11.6. The second-order valence-corrected chi connectivity index (χ2v) is 15.1. The third-order valence-corrected chi connectivity index (χ3v) is 12.7. The number of hydrogen-bond donors (Lipinski definition) is 1. The van der Waals surface area contributed by atoms with Crippen molar-refractivity contribution in [2.24, 2.45) is 23.2 Å². The van der Waals surface area contributed by atoms with Crippen molar-refractivity contribution in [3.05, 3.63) is 0 Å². The fourth-order valence-electron chi connectivity index (χ4n) is 6.17. The summed E-state index contributed by atoms with van der Waals surface area (Å²) >= 11 is 0. The molecule has 4 heteroatoms. The van der Waals surface area contributed by atoms with Crippen LogP contribution < -0.4 is 0 Å². The lowest BCUT2D eigenvalue weighted by molar-refractivity contribution is -0.0553. The van der Waals surface area contributed by atoms with Crippen LogP contribution in [0.4, 0.5) is 0 Å². The summed E-state index contributed by atoms with van der Waals surface area (Å²) in [6, 6.07) is 3.76. The van der Waals surface area contributed by atoms with Crippen LogP contribution in [0, 0.1) is 23.2 Å². The van der Waals surface area contributed by atoms with E-state index in [1.165, 1.54) is 50.2 Å². The Labute approximate surface area is 169 Å². The SMILES string of the molecule is CC[Si](CC)(CC)OC1CCC[C@]2(C)C(C(C)COCC(C)(C)O)CCC12. The number of fused-ring (bicyclic) bond motifs is 1. The highest BCUT2D eigenvalue weighted by atomic mass is 28.4. The molecule has 2 rings (SSSR count). The first-order valence-corrected chi connectivity index (χ1v) is 14.1. The molecule has 5 atom stereocenters. The van der Waals surface area contributed by atoms with E-state index in [-0.39, 0.29) is 0 Å². The van der Waals surface area contributed by atoms with Crippen molar-refractivity contribution in [2.75, 3.05) is 13.2 Å². The summed E-state index contributed by atoms with van der Waals surface area (Å²) in [5, 5.41) is 9.91. The van der Waals surface area contributed by atoms with Gasteiger partial charge in [0.05, 0.1) is 12.2 Å². The zero-order valence-electron chi connectivity index (χ0n) is 19.1. The van der Waals surface area contributed by atoms with E-state index >= 15 is 0 Å². The summed E-state index contributed by atoms with van der Waals surface area (Å²) in [4.78, 5) is 0. The van der Waals surface area contributed by atoms with Gasteiger partial charge in [-0.25, -0.2) is 0 Å². The fourth-order valence-corrected chi connectivity index (χ4v) is 9.09. The molecule has 0 bridgehead atoms. The van der Waals surface area contributed by atoms with Gasteiger partial charge in [-0.2, -0.15) is 0 Å². The fraction of sp³-hybridized carbons (Fsp3) is 1.00. The molecule has 3 nitrogen and oxygen atoms in total. The van der Waals surface area contributed by atoms with Crippen LogP contribution in [0.1, 0.15) is 80.6 Å².